The van der Waals surface area contributed by atoms with Crippen molar-refractivity contribution in [2.75, 3.05) is 20.8 Å². The molecule has 32 heavy (non-hydrogen) atoms. The van der Waals surface area contributed by atoms with Crippen LogP contribution in [0.5, 0.6) is 11.5 Å². The molecule has 2 rings (SSSR count). The maximum Gasteiger partial charge on any atom is 0.321 e. The van der Waals surface area contributed by atoms with Gasteiger partial charge in [-0.1, -0.05) is 68.7 Å². The standard InChI is InChI=1S/C25H32O5.H2OP/c1-17(15-25(2,3)4)16-30-24(27)21(18-11-8-7-9-12-18)23(26)22-19(28-5)13-10-14-20(22)29-6;1-2/h7-14,17,21H,15-16H2,1-6H3;2H2/q;+1. The highest BCUT2D eigenvalue weighted by Gasteiger charge is 2.35. The minimum atomic E-state index is -1.10. The van der Waals surface area contributed by atoms with Gasteiger partial charge in [-0.3, -0.25) is 9.59 Å². The van der Waals surface area contributed by atoms with Crippen LogP contribution in [0.15, 0.2) is 48.5 Å². The van der Waals surface area contributed by atoms with E-state index in [0.717, 1.165) is 6.42 Å². The number of Topliss-reactive ketones (excluding diaryl/α,β-unsaturated/α-hetero) is 1. The predicted octanol–water partition coefficient (Wildman–Crippen LogP) is 5.49. The summed E-state index contributed by atoms with van der Waals surface area (Å²) in [6.45, 7) is 8.75. The third kappa shape index (κ3) is 7.76. The van der Waals surface area contributed by atoms with Gasteiger partial charge < -0.3 is 14.2 Å². The van der Waals surface area contributed by atoms with E-state index in [0.29, 0.717) is 17.1 Å². The van der Waals surface area contributed by atoms with E-state index in [1.807, 2.05) is 13.0 Å². The largest absolute Gasteiger partial charge is 0.496 e. The van der Waals surface area contributed by atoms with Crippen LogP contribution in [0.2, 0.25) is 0 Å². The Labute approximate surface area is 192 Å². The van der Waals surface area contributed by atoms with Crippen molar-refractivity contribution >= 4 is 20.9 Å². The first-order valence-corrected chi connectivity index (χ1v) is 10.9. The van der Waals surface area contributed by atoms with Crippen LogP contribution in [-0.2, 0) is 14.1 Å². The molecule has 0 N–H and O–H groups in total. The van der Waals surface area contributed by atoms with Gasteiger partial charge in [0.25, 0.3) is 0 Å². The molecule has 0 spiro atoms. The van der Waals surface area contributed by atoms with Crippen molar-refractivity contribution < 1.29 is 28.4 Å². The number of hydrogen-bond acceptors (Lipinski definition) is 6. The predicted molar refractivity (Wildman–Crippen MR) is 128 cm³/mol. The van der Waals surface area contributed by atoms with Gasteiger partial charge in [0.2, 0.25) is 0 Å². The van der Waals surface area contributed by atoms with E-state index in [4.69, 9.17) is 18.8 Å². The molecule has 0 bridgehead atoms. The van der Waals surface area contributed by atoms with Gasteiger partial charge in [-0.25, -0.2) is 0 Å². The molecule has 0 radical (unpaired) electrons. The molecule has 0 aliphatic carbocycles. The Kier molecular flexibility index (Phi) is 11.1. The van der Waals surface area contributed by atoms with Crippen LogP contribution in [0.1, 0.15) is 56.0 Å². The van der Waals surface area contributed by atoms with Crippen molar-refractivity contribution in [3.05, 3.63) is 59.7 Å². The smallest absolute Gasteiger partial charge is 0.321 e. The van der Waals surface area contributed by atoms with Crippen molar-refractivity contribution in [3.8, 4) is 11.5 Å². The molecule has 7 heteroatoms. The molecule has 3 unspecified atom stereocenters. The molecule has 0 saturated carbocycles. The molecule has 6 nitrogen and oxygen atoms in total. The van der Waals surface area contributed by atoms with Crippen LogP contribution < -0.4 is 9.47 Å². The SMILES string of the molecule is COc1cccc(OC)c1C(=O)C(C(=O)OCC(C)CC(C)(C)C)c1ccccc1.O=[PH2+]. The second-order valence-electron chi connectivity index (χ2n) is 8.75. The highest BCUT2D eigenvalue weighted by atomic mass is 31.0. The maximum atomic E-state index is 13.6. The Morgan fingerprint density at radius 1 is 0.906 bits per heavy atom. The van der Waals surface area contributed by atoms with E-state index in [1.54, 1.807) is 42.5 Å². The fourth-order valence-electron chi connectivity index (χ4n) is 3.69. The number of carbonyl (C=O) groups is 2. The summed E-state index contributed by atoms with van der Waals surface area (Å²) in [6, 6.07) is 14.0. The maximum absolute atomic E-state index is 13.6. The Morgan fingerprint density at radius 3 is 1.91 bits per heavy atom. The van der Waals surface area contributed by atoms with Gasteiger partial charge in [0.05, 0.1) is 20.8 Å². The Bertz CT molecular complexity index is 853. The summed E-state index contributed by atoms with van der Waals surface area (Å²) in [7, 11) is 4.13. The van der Waals surface area contributed by atoms with Crippen LogP contribution in [0, 0.1) is 11.3 Å². The van der Waals surface area contributed by atoms with E-state index >= 15 is 0 Å². The zero-order valence-electron chi connectivity index (χ0n) is 19.7. The van der Waals surface area contributed by atoms with Crippen molar-refractivity contribution in [1.29, 1.82) is 0 Å². The average molecular weight is 462 g/mol. The van der Waals surface area contributed by atoms with Gasteiger partial charge in [0.1, 0.15) is 23.0 Å². The number of carbonyl (C=O) groups excluding carboxylic acids is 2. The number of ether oxygens (including phenoxy) is 3. The molecule has 0 aliphatic rings. The Morgan fingerprint density at radius 2 is 1.44 bits per heavy atom. The van der Waals surface area contributed by atoms with E-state index < -0.39 is 17.7 Å². The van der Waals surface area contributed by atoms with Gasteiger partial charge in [-0.2, -0.15) is 0 Å². The fourth-order valence-corrected chi connectivity index (χ4v) is 3.69. The number of esters is 1. The van der Waals surface area contributed by atoms with Gasteiger partial charge in [0.15, 0.2) is 5.78 Å². The highest BCUT2D eigenvalue weighted by Crippen LogP contribution is 2.34. The van der Waals surface area contributed by atoms with E-state index in [2.05, 4.69) is 20.8 Å². The topological polar surface area (TPSA) is 78.9 Å². The lowest BCUT2D eigenvalue weighted by Gasteiger charge is -2.24. The molecule has 3 atom stereocenters. The summed E-state index contributed by atoms with van der Waals surface area (Å²) in [4.78, 5) is 26.7. The molecule has 0 aromatic heterocycles. The average Bonchev–Trinajstić information content (AvgIpc) is 2.78. The third-order valence-corrected chi connectivity index (χ3v) is 4.78. The lowest BCUT2D eigenvalue weighted by atomic mass is 9.86. The van der Waals surface area contributed by atoms with Crippen LogP contribution in [0.3, 0.4) is 0 Å². The van der Waals surface area contributed by atoms with Crippen LogP contribution in [-0.4, -0.2) is 32.6 Å². The third-order valence-electron chi connectivity index (χ3n) is 4.78. The van der Waals surface area contributed by atoms with Gasteiger partial charge in [0, 0.05) is 0 Å². The summed E-state index contributed by atoms with van der Waals surface area (Å²) >= 11 is 0. The monoisotopic (exact) mass is 461 g/mol. The first-order valence-electron chi connectivity index (χ1n) is 10.4. The minimum absolute atomic E-state index is 0.130. The van der Waals surface area contributed by atoms with E-state index in [1.165, 1.54) is 23.3 Å². The number of benzene rings is 2. The summed E-state index contributed by atoms with van der Waals surface area (Å²) < 4.78 is 24.5. The molecule has 2 aromatic carbocycles. The summed E-state index contributed by atoms with van der Waals surface area (Å²) in [5.74, 6) is -1.19. The molecule has 0 heterocycles. The van der Waals surface area contributed by atoms with Crippen molar-refractivity contribution in [2.45, 2.75) is 40.0 Å². The quantitative estimate of drug-likeness (QED) is 0.213. The van der Waals surface area contributed by atoms with Crippen LogP contribution >= 0.6 is 9.12 Å². The van der Waals surface area contributed by atoms with Crippen molar-refractivity contribution in [1.82, 2.24) is 0 Å². The number of rotatable bonds is 9. The van der Waals surface area contributed by atoms with Gasteiger partial charge in [-0.15, -0.1) is 0 Å². The van der Waals surface area contributed by atoms with E-state index in [-0.39, 0.29) is 23.5 Å². The van der Waals surface area contributed by atoms with Crippen LogP contribution in [0.4, 0.5) is 0 Å². The molecule has 2 aromatic rings. The van der Waals surface area contributed by atoms with Crippen LogP contribution in [0.25, 0.3) is 0 Å². The molecular formula is C25H34O6P+. The molecule has 0 amide bonds. The fraction of sp³-hybridized carbons (Fsp3) is 0.440. The van der Waals surface area contributed by atoms with Crippen molar-refractivity contribution in [3.63, 3.8) is 0 Å². The molecule has 0 saturated heterocycles. The Balaban J connectivity index is 0.00000249. The summed E-state index contributed by atoms with van der Waals surface area (Å²) in [5, 5.41) is 0. The zero-order chi connectivity index (χ0) is 24.3. The number of methoxy groups -OCH3 is 2. The molecule has 174 valence electrons. The highest BCUT2D eigenvalue weighted by molar-refractivity contribution is 7.00. The van der Waals surface area contributed by atoms with Gasteiger partial charge in [-0.05, 0) is 35.4 Å². The van der Waals surface area contributed by atoms with Crippen molar-refractivity contribution in [2.24, 2.45) is 11.3 Å². The Hall–Kier alpha value is -2.72. The van der Waals surface area contributed by atoms with E-state index in [9.17, 15) is 9.59 Å². The molecular weight excluding hydrogens is 427 g/mol. The second-order valence-corrected chi connectivity index (χ2v) is 8.75. The normalized spacial score (nSPS) is 12.6. The first kappa shape index (κ1) is 27.3. The zero-order valence-corrected chi connectivity index (χ0v) is 20.9. The minimum Gasteiger partial charge on any atom is -0.496 e. The van der Waals surface area contributed by atoms with Gasteiger partial charge >= 0.3 is 15.1 Å². The summed E-state index contributed by atoms with van der Waals surface area (Å²) in [6.07, 6.45) is 0.907. The second kappa shape index (κ2) is 13.0. The number of hydrogen-bond donors (Lipinski definition) is 0. The lowest BCUT2D eigenvalue weighted by molar-refractivity contribution is -0.145. The first-order chi connectivity index (χ1) is 15.2. The summed E-state index contributed by atoms with van der Waals surface area (Å²) in [5.41, 5.74) is 0.936. The lowest BCUT2D eigenvalue weighted by Crippen LogP contribution is -2.27. The molecule has 0 aliphatic heterocycles. The molecule has 0 fully saturated rings. The number of ketones is 1.